The summed E-state index contributed by atoms with van der Waals surface area (Å²) in [5.41, 5.74) is 2.26. The average Bonchev–Trinajstić information content (AvgIpc) is 3.55. The Labute approximate surface area is 184 Å². The first-order valence-corrected chi connectivity index (χ1v) is 11.2. The number of ether oxygens (including phenoxy) is 3. The molecule has 2 atom stereocenters. The van der Waals surface area contributed by atoms with E-state index in [0.29, 0.717) is 19.1 Å². The van der Waals surface area contributed by atoms with Crippen LogP contribution in [-0.4, -0.2) is 51.6 Å². The van der Waals surface area contributed by atoms with Gasteiger partial charge in [-0.15, -0.1) is 0 Å². The van der Waals surface area contributed by atoms with E-state index in [-0.39, 0.29) is 6.10 Å². The summed E-state index contributed by atoms with van der Waals surface area (Å²) in [7, 11) is 0. The molecular weight excluding hydrogens is 394 g/mol. The highest BCUT2D eigenvalue weighted by Gasteiger charge is 2.19. The molecule has 2 saturated heterocycles. The second-order valence-electron chi connectivity index (χ2n) is 8.25. The van der Waals surface area contributed by atoms with Crippen LogP contribution in [-0.2, 0) is 22.4 Å². The van der Waals surface area contributed by atoms with E-state index in [0.717, 1.165) is 75.2 Å². The zero-order valence-corrected chi connectivity index (χ0v) is 18.3. The van der Waals surface area contributed by atoms with Gasteiger partial charge in [-0.3, -0.25) is 0 Å². The van der Waals surface area contributed by atoms with Crippen LogP contribution in [0.2, 0.25) is 0 Å². The third-order valence-electron chi connectivity index (χ3n) is 5.64. The quantitative estimate of drug-likeness (QED) is 0.473. The number of benzene rings is 1. The number of aliphatic imine (C=N–C) groups is 1. The van der Waals surface area contributed by atoms with E-state index in [4.69, 9.17) is 23.6 Å². The minimum atomic E-state index is 0.121. The Morgan fingerprint density at radius 1 is 1.13 bits per heavy atom. The maximum absolute atomic E-state index is 6.23. The van der Waals surface area contributed by atoms with Crippen molar-refractivity contribution in [3.63, 3.8) is 0 Å². The smallest absolute Gasteiger partial charge is 0.191 e. The summed E-state index contributed by atoms with van der Waals surface area (Å²) in [6, 6.07) is 10.2. The number of guanidine groups is 1. The molecule has 0 amide bonds. The van der Waals surface area contributed by atoms with E-state index in [9.17, 15) is 0 Å². The van der Waals surface area contributed by atoms with Crippen molar-refractivity contribution in [2.24, 2.45) is 10.9 Å². The fraction of sp³-hybridized carbons (Fsp3) is 0.542. The second kappa shape index (κ2) is 11.2. The van der Waals surface area contributed by atoms with Gasteiger partial charge in [0.2, 0.25) is 0 Å². The molecule has 2 aliphatic rings. The van der Waals surface area contributed by atoms with Gasteiger partial charge in [-0.2, -0.15) is 0 Å². The van der Waals surface area contributed by atoms with Crippen molar-refractivity contribution < 1.29 is 18.6 Å². The SMILES string of the molecule is Cc1ccc(CN=C(NCCc2ccco2)NCC2CCOC2)c(OC2CCOC2)c1. The Balaban J connectivity index is 1.39. The van der Waals surface area contributed by atoms with Crippen LogP contribution in [0.5, 0.6) is 5.75 Å². The maximum atomic E-state index is 6.23. The van der Waals surface area contributed by atoms with Crippen LogP contribution >= 0.6 is 0 Å². The van der Waals surface area contributed by atoms with Crippen molar-refractivity contribution in [3.8, 4) is 5.75 Å². The van der Waals surface area contributed by atoms with Gasteiger partial charge in [0.25, 0.3) is 0 Å². The highest BCUT2D eigenvalue weighted by Crippen LogP contribution is 2.24. The molecule has 4 rings (SSSR count). The standard InChI is InChI=1S/C24H33N3O4/c1-18-4-5-20(23(13-18)31-22-8-12-29-17-22)15-27-24(26-14-19-7-11-28-16-19)25-9-6-21-3-2-10-30-21/h2-5,10,13,19,22H,6-9,11-12,14-17H2,1H3,(H2,25,26,27). The molecule has 0 radical (unpaired) electrons. The summed E-state index contributed by atoms with van der Waals surface area (Å²) in [5.74, 6) is 3.19. The summed E-state index contributed by atoms with van der Waals surface area (Å²) in [6.45, 7) is 7.30. The molecule has 2 aliphatic heterocycles. The van der Waals surface area contributed by atoms with Crippen molar-refractivity contribution in [2.75, 3.05) is 39.5 Å². The molecule has 0 bridgehead atoms. The highest BCUT2D eigenvalue weighted by molar-refractivity contribution is 5.79. The van der Waals surface area contributed by atoms with Crippen molar-refractivity contribution in [2.45, 2.75) is 38.8 Å². The predicted molar refractivity (Wildman–Crippen MR) is 120 cm³/mol. The maximum Gasteiger partial charge on any atom is 0.191 e. The number of nitrogens with zero attached hydrogens (tertiary/aromatic N) is 1. The first-order chi connectivity index (χ1) is 15.3. The molecule has 31 heavy (non-hydrogen) atoms. The van der Waals surface area contributed by atoms with E-state index < -0.39 is 0 Å². The van der Waals surface area contributed by atoms with Gasteiger partial charge in [-0.25, -0.2) is 4.99 Å². The summed E-state index contributed by atoms with van der Waals surface area (Å²) >= 11 is 0. The third kappa shape index (κ3) is 6.74. The Hall–Kier alpha value is -2.51. The van der Waals surface area contributed by atoms with E-state index in [2.05, 4.69) is 35.8 Å². The van der Waals surface area contributed by atoms with Crippen LogP contribution in [0.25, 0.3) is 0 Å². The monoisotopic (exact) mass is 427 g/mol. The molecule has 0 aliphatic carbocycles. The second-order valence-corrected chi connectivity index (χ2v) is 8.25. The Morgan fingerprint density at radius 2 is 2.03 bits per heavy atom. The molecule has 2 fully saturated rings. The number of hydrogen-bond donors (Lipinski definition) is 2. The highest BCUT2D eigenvalue weighted by atomic mass is 16.5. The normalized spacial score (nSPS) is 21.4. The lowest BCUT2D eigenvalue weighted by atomic mass is 10.1. The van der Waals surface area contributed by atoms with Crippen LogP contribution in [0.3, 0.4) is 0 Å². The van der Waals surface area contributed by atoms with Crippen LogP contribution in [0.15, 0.2) is 46.0 Å². The van der Waals surface area contributed by atoms with Crippen LogP contribution in [0, 0.1) is 12.8 Å². The zero-order valence-electron chi connectivity index (χ0n) is 18.3. The van der Waals surface area contributed by atoms with E-state index >= 15 is 0 Å². The van der Waals surface area contributed by atoms with Gasteiger partial charge in [0.05, 0.1) is 32.6 Å². The molecule has 1 aromatic carbocycles. The molecular formula is C24H33N3O4. The summed E-state index contributed by atoms with van der Waals surface area (Å²) in [4.78, 5) is 4.85. The molecule has 2 aromatic rings. The molecule has 7 nitrogen and oxygen atoms in total. The molecule has 168 valence electrons. The van der Waals surface area contributed by atoms with Gasteiger partial charge in [-0.1, -0.05) is 12.1 Å². The van der Waals surface area contributed by atoms with Gasteiger partial charge in [0.1, 0.15) is 17.6 Å². The number of hydrogen-bond acceptors (Lipinski definition) is 5. The van der Waals surface area contributed by atoms with E-state index in [1.807, 2.05) is 12.1 Å². The minimum absolute atomic E-state index is 0.121. The van der Waals surface area contributed by atoms with E-state index in [1.165, 1.54) is 5.56 Å². The average molecular weight is 428 g/mol. The molecule has 0 saturated carbocycles. The van der Waals surface area contributed by atoms with Crippen LogP contribution in [0.1, 0.15) is 29.7 Å². The van der Waals surface area contributed by atoms with Crippen molar-refractivity contribution in [3.05, 3.63) is 53.5 Å². The number of aryl methyl sites for hydroxylation is 1. The molecule has 3 heterocycles. The van der Waals surface area contributed by atoms with Crippen molar-refractivity contribution in [1.29, 1.82) is 0 Å². The van der Waals surface area contributed by atoms with Gasteiger partial charge in [0, 0.05) is 44.0 Å². The van der Waals surface area contributed by atoms with Gasteiger partial charge in [-0.05, 0) is 37.1 Å². The molecule has 7 heteroatoms. The predicted octanol–water partition coefficient (Wildman–Crippen LogP) is 3.07. The fourth-order valence-corrected chi connectivity index (χ4v) is 3.77. The summed E-state index contributed by atoms with van der Waals surface area (Å²) < 4.78 is 22.6. The lowest BCUT2D eigenvalue weighted by Crippen LogP contribution is -2.41. The van der Waals surface area contributed by atoms with E-state index in [1.54, 1.807) is 6.26 Å². The largest absolute Gasteiger partial charge is 0.488 e. The number of nitrogens with one attached hydrogen (secondary N) is 2. The number of furan rings is 1. The lowest BCUT2D eigenvalue weighted by molar-refractivity contribution is 0.140. The summed E-state index contributed by atoms with van der Waals surface area (Å²) in [5, 5.41) is 6.92. The Morgan fingerprint density at radius 3 is 2.81 bits per heavy atom. The molecule has 2 unspecified atom stereocenters. The third-order valence-corrected chi connectivity index (χ3v) is 5.64. The molecule has 0 spiro atoms. The number of rotatable bonds is 9. The molecule has 1 aromatic heterocycles. The van der Waals surface area contributed by atoms with Gasteiger partial charge in [0.15, 0.2) is 5.96 Å². The van der Waals surface area contributed by atoms with Crippen molar-refractivity contribution in [1.82, 2.24) is 10.6 Å². The van der Waals surface area contributed by atoms with Gasteiger partial charge >= 0.3 is 0 Å². The van der Waals surface area contributed by atoms with Gasteiger partial charge < -0.3 is 29.3 Å². The first kappa shape index (κ1) is 21.7. The fourth-order valence-electron chi connectivity index (χ4n) is 3.77. The summed E-state index contributed by atoms with van der Waals surface area (Å²) in [6.07, 6.45) is 4.65. The topological polar surface area (TPSA) is 77.3 Å². The lowest BCUT2D eigenvalue weighted by Gasteiger charge is -2.17. The Kier molecular flexibility index (Phi) is 7.85. The Bertz CT molecular complexity index is 825. The van der Waals surface area contributed by atoms with Crippen LogP contribution < -0.4 is 15.4 Å². The zero-order chi connectivity index (χ0) is 21.3. The first-order valence-electron chi connectivity index (χ1n) is 11.2. The van der Waals surface area contributed by atoms with Crippen molar-refractivity contribution >= 4 is 5.96 Å². The molecule has 2 N–H and O–H groups in total. The van der Waals surface area contributed by atoms with Crippen LogP contribution in [0.4, 0.5) is 0 Å². The minimum Gasteiger partial charge on any atom is -0.488 e.